The lowest BCUT2D eigenvalue weighted by molar-refractivity contribution is 0.209. The number of nitrogens with one attached hydrogen (secondary N) is 1. The van der Waals surface area contributed by atoms with Crippen molar-refractivity contribution in [3.8, 4) is 0 Å². The number of rotatable bonds is 8. The van der Waals surface area contributed by atoms with Gasteiger partial charge in [0.05, 0.1) is 13.2 Å². The van der Waals surface area contributed by atoms with Gasteiger partial charge in [0.25, 0.3) is 0 Å². The molecule has 0 amide bonds. The molecule has 1 unspecified atom stereocenters. The highest BCUT2D eigenvalue weighted by molar-refractivity contribution is 7.54. The molecule has 1 rings (SSSR count). The van der Waals surface area contributed by atoms with Gasteiger partial charge in [-0.1, -0.05) is 25.4 Å². The van der Waals surface area contributed by atoms with E-state index in [1.165, 1.54) is 0 Å². The smallest absolute Gasteiger partial charge is 0.352 e. The third-order valence-corrected chi connectivity index (χ3v) is 5.64. The van der Waals surface area contributed by atoms with Gasteiger partial charge in [0.15, 0.2) is 0 Å². The SMILES string of the molecule is CCOP(=O)(OCC)C(Nc1ccc(Cl)cc1)C(C)C. The summed E-state index contributed by atoms with van der Waals surface area (Å²) in [5.41, 5.74) is 0.840. The average molecular weight is 320 g/mol. The zero-order valence-electron chi connectivity index (χ0n) is 12.4. The van der Waals surface area contributed by atoms with Crippen molar-refractivity contribution in [1.82, 2.24) is 0 Å². The minimum absolute atomic E-state index is 0.0922. The minimum atomic E-state index is -3.21. The van der Waals surface area contributed by atoms with E-state index in [2.05, 4.69) is 5.32 Å². The van der Waals surface area contributed by atoms with Crippen LogP contribution in [-0.4, -0.2) is 19.0 Å². The molecule has 0 heterocycles. The van der Waals surface area contributed by atoms with Crippen molar-refractivity contribution in [3.63, 3.8) is 0 Å². The monoisotopic (exact) mass is 319 g/mol. The van der Waals surface area contributed by atoms with Crippen LogP contribution in [0.3, 0.4) is 0 Å². The lowest BCUT2D eigenvalue weighted by Gasteiger charge is -2.30. The Morgan fingerprint density at radius 2 is 1.65 bits per heavy atom. The largest absolute Gasteiger partial charge is 0.371 e. The predicted octanol–water partition coefficient (Wildman–Crippen LogP) is 5.00. The van der Waals surface area contributed by atoms with Gasteiger partial charge in [-0.15, -0.1) is 0 Å². The van der Waals surface area contributed by atoms with E-state index in [1.54, 1.807) is 12.1 Å². The molecule has 114 valence electrons. The molecule has 0 aliphatic heterocycles. The molecule has 1 atom stereocenters. The van der Waals surface area contributed by atoms with Crippen molar-refractivity contribution < 1.29 is 13.6 Å². The summed E-state index contributed by atoms with van der Waals surface area (Å²) in [6.07, 6.45) is 0. The maximum atomic E-state index is 12.9. The molecular weight excluding hydrogens is 297 g/mol. The van der Waals surface area contributed by atoms with E-state index in [1.807, 2.05) is 39.8 Å². The minimum Gasteiger partial charge on any atom is -0.371 e. The summed E-state index contributed by atoms with van der Waals surface area (Å²) in [6.45, 7) is 8.29. The van der Waals surface area contributed by atoms with Gasteiger partial charge in [-0.3, -0.25) is 4.57 Å². The van der Waals surface area contributed by atoms with Gasteiger partial charge < -0.3 is 14.4 Å². The van der Waals surface area contributed by atoms with E-state index in [-0.39, 0.29) is 5.92 Å². The first-order valence-electron chi connectivity index (χ1n) is 6.83. The van der Waals surface area contributed by atoms with Crippen LogP contribution in [-0.2, 0) is 13.6 Å². The lowest BCUT2D eigenvalue weighted by atomic mass is 10.2. The molecule has 0 bridgehead atoms. The van der Waals surface area contributed by atoms with E-state index < -0.39 is 13.4 Å². The average Bonchev–Trinajstić information content (AvgIpc) is 2.38. The van der Waals surface area contributed by atoms with Crippen LogP contribution in [0.1, 0.15) is 27.7 Å². The molecule has 0 fully saturated rings. The highest BCUT2D eigenvalue weighted by atomic mass is 35.5. The fourth-order valence-corrected chi connectivity index (χ4v) is 4.16. The maximum absolute atomic E-state index is 12.9. The van der Waals surface area contributed by atoms with Crippen molar-refractivity contribution in [3.05, 3.63) is 29.3 Å². The van der Waals surface area contributed by atoms with Gasteiger partial charge in [-0.05, 0) is 44.0 Å². The van der Waals surface area contributed by atoms with Crippen molar-refractivity contribution in [2.75, 3.05) is 18.5 Å². The van der Waals surface area contributed by atoms with E-state index in [0.717, 1.165) is 5.69 Å². The predicted molar refractivity (Wildman–Crippen MR) is 84.6 cm³/mol. The van der Waals surface area contributed by atoms with Crippen LogP contribution in [0.2, 0.25) is 5.02 Å². The van der Waals surface area contributed by atoms with E-state index in [4.69, 9.17) is 20.6 Å². The summed E-state index contributed by atoms with van der Waals surface area (Å²) in [6, 6.07) is 7.26. The Labute approximate surface area is 126 Å². The molecule has 1 aromatic carbocycles. The number of hydrogen-bond acceptors (Lipinski definition) is 4. The lowest BCUT2D eigenvalue weighted by Crippen LogP contribution is -2.28. The molecule has 0 saturated carbocycles. The number of benzene rings is 1. The molecule has 20 heavy (non-hydrogen) atoms. The first-order valence-corrected chi connectivity index (χ1v) is 8.82. The Hall–Kier alpha value is -0.540. The fraction of sp³-hybridized carbons (Fsp3) is 0.571. The fourth-order valence-electron chi connectivity index (χ4n) is 1.89. The second-order valence-corrected chi connectivity index (χ2v) is 7.30. The Balaban J connectivity index is 2.97. The van der Waals surface area contributed by atoms with Crippen LogP contribution in [0, 0.1) is 5.92 Å². The Kier molecular flexibility index (Phi) is 7.04. The van der Waals surface area contributed by atoms with Crippen molar-refractivity contribution in [2.45, 2.75) is 33.5 Å². The van der Waals surface area contributed by atoms with Crippen LogP contribution in [0.4, 0.5) is 5.69 Å². The summed E-state index contributed by atoms with van der Waals surface area (Å²) in [5, 5.41) is 3.91. The van der Waals surface area contributed by atoms with Crippen LogP contribution in [0.25, 0.3) is 0 Å². The molecule has 4 nitrogen and oxygen atoms in total. The molecule has 0 spiro atoms. The Morgan fingerprint density at radius 3 is 2.05 bits per heavy atom. The molecule has 0 aromatic heterocycles. The molecule has 1 aromatic rings. The van der Waals surface area contributed by atoms with Gasteiger partial charge in [0.2, 0.25) is 0 Å². The third kappa shape index (κ3) is 4.78. The highest BCUT2D eigenvalue weighted by Gasteiger charge is 2.37. The van der Waals surface area contributed by atoms with Crippen molar-refractivity contribution in [1.29, 1.82) is 0 Å². The second-order valence-electron chi connectivity index (χ2n) is 4.72. The zero-order chi connectivity index (χ0) is 15.2. The number of hydrogen-bond donors (Lipinski definition) is 1. The molecule has 0 radical (unpaired) electrons. The van der Waals surface area contributed by atoms with E-state index in [9.17, 15) is 4.57 Å². The number of halogens is 1. The molecule has 1 N–H and O–H groups in total. The first-order chi connectivity index (χ1) is 9.42. The standard InChI is InChI=1S/C14H23ClNO3P/c1-5-18-20(17,19-6-2)14(11(3)4)16-13-9-7-12(15)8-10-13/h7-11,14,16H,5-6H2,1-4H3. The molecule has 0 aliphatic rings. The van der Waals surface area contributed by atoms with Crippen LogP contribution < -0.4 is 5.32 Å². The van der Waals surface area contributed by atoms with Gasteiger partial charge >= 0.3 is 7.60 Å². The Morgan fingerprint density at radius 1 is 1.15 bits per heavy atom. The van der Waals surface area contributed by atoms with Gasteiger partial charge in [-0.25, -0.2) is 0 Å². The normalized spacial score (nSPS) is 13.5. The molecule has 0 aliphatic carbocycles. The van der Waals surface area contributed by atoms with Crippen LogP contribution in [0.5, 0.6) is 0 Å². The first kappa shape index (κ1) is 17.5. The molecular formula is C14H23ClNO3P. The summed E-state index contributed by atoms with van der Waals surface area (Å²) in [5.74, 6) is -0.307. The van der Waals surface area contributed by atoms with E-state index in [0.29, 0.717) is 18.2 Å². The molecule has 0 saturated heterocycles. The van der Waals surface area contributed by atoms with Gasteiger partial charge in [0.1, 0.15) is 5.78 Å². The highest BCUT2D eigenvalue weighted by Crippen LogP contribution is 2.55. The summed E-state index contributed by atoms with van der Waals surface area (Å²) in [4.78, 5) is 0. The van der Waals surface area contributed by atoms with E-state index >= 15 is 0 Å². The molecule has 6 heteroatoms. The van der Waals surface area contributed by atoms with Crippen LogP contribution in [0.15, 0.2) is 24.3 Å². The summed E-state index contributed by atoms with van der Waals surface area (Å²) < 4.78 is 23.8. The van der Waals surface area contributed by atoms with Crippen molar-refractivity contribution >= 4 is 24.9 Å². The Bertz CT molecular complexity index is 440. The second kappa shape index (κ2) is 8.04. The number of anilines is 1. The van der Waals surface area contributed by atoms with Gasteiger partial charge in [-0.2, -0.15) is 0 Å². The summed E-state index contributed by atoms with van der Waals surface area (Å²) in [7, 11) is -3.21. The van der Waals surface area contributed by atoms with Crippen molar-refractivity contribution in [2.24, 2.45) is 5.92 Å². The van der Waals surface area contributed by atoms with Crippen LogP contribution >= 0.6 is 19.2 Å². The topological polar surface area (TPSA) is 47.6 Å². The quantitative estimate of drug-likeness (QED) is 0.685. The summed E-state index contributed by atoms with van der Waals surface area (Å²) >= 11 is 5.87. The van der Waals surface area contributed by atoms with Gasteiger partial charge in [0, 0.05) is 10.7 Å². The maximum Gasteiger partial charge on any atom is 0.352 e. The zero-order valence-corrected chi connectivity index (χ0v) is 14.1. The third-order valence-electron chi connectivity index (χ3n) is 2.75.